The third-order valence-corrected chi connectivity index (χ3v) is 5.73. The summed E-state index contributed by atoms with van der Waals surface area (Å²) in [7, 11) is 2.08. The van der Waals surface area contributed by atoms with Crippen LogP contribution in [-0.4, -0.2) is 23.6 Å². The maximum atomic E-state index is 12.7. The lowest BCUT2D eigenvalue weighted by molar-refractivity contribution is 0.102. The smallest absolute Gasteiger partial charge is 0.255 e. The van der Waals surface area contributed by atoms with Gasteiger partial charge in [0.2, 0.25) is 0 Å². The van der Waals surface area contributed by atoms with Crippen molar-refractivity contribution in [2.24, 2.45) is 7.05 Å². The Balaban J connectivity index is 0.00000240. The number of fused-ring (bicyclic) bond motifs is 1. The second kappa shape index (κ2) is 8.69. The molecule has 1 aliphatic rings. The van der Waals surface area contributed by atoms with Crippen LogP contribution in [0.15, 0.2) is 42.6 Å². The summed E-state index contributed by atoms with van der Waals surface area (Å²) in [6.45, 7) is 4.17. The van der Waals surface area contributed by atoms with Gasteiger partial charge in [0.1, 0.15) is 0 Å². The maximum absolute atomic E-state index is 12.7. The van der Waals surface area contributed by atoms with Crippen molar-refractivity contribution in [2.45, 2.75) is 25.7 Å². The summed E-state index contributed by atoms with van der Waals surface area (Å²) in [6.07, 6.45) is 4.52. The number of piperidine rings is 1. The number of nitrogens with zero attached hydrogens (tertiary/aromatic N) is 2. The SMILES string of the molecule is Cc1c(NC(=O)c2cccc(C#N)c2)ccc2c1c(C1CCNCC1)cn2C.Cl. The zero-order valence-corrected chi connectivity index (χ0v) is 17.5. The minimum atomic E-state index is -0.195. The third kappa shape index (κ3) is 4.00. The molecule has 6 heteroatoms. The quantitative estimate of drug-likeness (QED) is 0.670. The van der Waals surface area contributed by atoms with Gasteiger partial charge in [-0.15, -0.1) is 12.4 Å². The highest BCUT2D eigenvalue weighted by molar-refractivity contribution is 6.06. The Labute approximate surface area is 177 Å². The van der Waals surface area contributed by atoms with E-state index in [1.54, 1.807) is 24.3 Å². The maximum Gasteiger partial charge on any atom is 0.255 e. The largest absolute Gasteiger partial charge is 0.350 e. The van der Waals surface area contributed by atoms with Crippen LogP contribution < -0.4 is 10.6 Å². The number of carbonyl (C=O) groups is 1. The zero-order chi connectivity index (χ0) is 19.7. The first-order valence-electron chi connectivity index (χ1n) is 9.69. The Hall–Kier alpha value is -2.81. The molecule has 2 N–H and O–H groups in total. The van der Waals surface area contributed by atoms with Crippen molar-refractivity contribution >= 4 is 34.9 Å². The van der Waals surface area contributed by atoms with Gasteiger partial charge in [-0.05, 0) is 80.2 Å². The van der Waals surface area contributed by atoms with Gasteiger partial charge in [0.25, 0.3) is 5.91 Å². The van der Waals surface area contributed by atoms with Crippen LogP contribution in [0, 0.1) is 18.3 Å². The van der Waals surface area contributed by atoms with Crippen LogP contribution in [0.2, 0.25) is 0 Å². The Bertz CT molecular complexity index is 1090. The van der Waals surface area contributed by atoms with Gasteiger partial charge < -0.3 is 15.2 Å². The molecular formula is C23H25ClN4O. The fourth-order valence-electron chi connectivity index (χ4n) is 4.20. The van der Waals surface area contributed by atoms with Gasteiger partial charge in [-0.3, -0.25) is 4.79 Å². The fourth-order valence-corrected chi connectivity index (χ4v) is 4.20. The summed E-state index contributed by atoms with van der Waals surface area (Å²) in [5.74, 6) is 0.348. The molecule has 1 aliphatic heterocycles. The van der Waals surface area contributed by atoms with Crippen LogP contribution in [0.25, 0.3) is 10.9 Å². The topological polar surface area (TPSA) is 69.8 Å². The van der Waals surface area contributed by atoms with Crippen LogP contribution in [0.1, 0.15) is 45.8 Å². The number of hydrogen-bond donors (Lipinski definition) is 2. The third-order valence-electron chi connectivity index (χ3n) is 5.73. The minimum absolute atomic E-state index is 0. The van der Waals surface area contributed by atoms with Crippen LogP contribution >= 0.6 is 12.4 Å². The Morgan fingerprint density at radius 3 is 2.72 bits per heavy atom. The van der Waals surface area contributed by atoms with Crippen LogP contribution in [0.5, 0.6) is 0 Å². The number of benzene rings is 2. The number of nitriles is 1. The van der Waals surface area contributed by atoms with Gasteiger partial charge >= 0.3 is 0 Å². The number of carbonyl (C=O) groups excluding carboxylic acids is 1. The molecule has 150 valence electrons. The highest BCUT2D eigenvalue weighted by Crippen LogP contribution is 2.37. The summed E-state index contributed by atoms with van der Waals surface area (Å²) in [6, 6.07) is 12.9. The summed E-state index contributed by atoms with van der Waals surface area (Å²) >= 11 is 0. The van der Waals surface area contributed by atoms with E-state index in [0.29, 0.717) is 17.0 Å². The lowest BCUT2D eigenvalue weighted by Gasteiger charge is -2.23. The molecule has 0 aliphatic carbocycles. The average Bonchev–Trinajstić information content (AvgIpc) is 3.08. The van der Waals surface area contributed by atoms with Crippen molar-refractivity contribution in [1.29, 1.82) is 5.26 Å². The molecule has 0 bridgehead atoms. The predicted molar refractivity (Wildman–Crippen MR) is 119 cm³/mol. The van der Waals surface area contributed by atoms with Crippen LogP contribution in [0.4, 0.5) is 5.69 Å². The van der Waals surface area contributed by atoms with Gasteiger partial charge in [-0.25, -0.2) is 0 Å². The Kier molecular flexibility index (Phi) is 6.26. The van der Waals surface area contributed by atoms with Crippen molar-refractivity contribution in [3.8, 4) is 6.07 Å². The average molecular weight is 409 g/mol. The Morgan fingerprint density at radius 2 is 2.00 bits per heavy atom. The van der Waals surface area contributed by atoms with Gasteiger partial charge in [-0.2, -0.15) is 5.26 Å². The van der Waals surface area contributed by atoms with Gasteiger partial charge in [0.15, 0.2) is 0 Å². The van der Waals surface area contributed by atoms with E-state index in [4.69, 9.17) is 5.26 Å². The first-order chi connectivity index (χ1) is 13.6. The van der Waals surface area contributed by atoms with E-state index in [1.165, 1.54) is 16.5 Å². The summed E-state index contributed by atoms with van der Waals surface area (Å²) < 4.78 is 2.18. The molecule has 1 amide bonds. The standard InChI is InChI=1S/C23H24N4O.ClH/c1-15-20(26-23(28)18-5-3-4-16(12-18)13-24)6-7-21-22(15)19(14-27(21)2)17-8-10-25-11-9-17;/h3-7,12,14,17,25H,8-11H2,1-2H3,(H,26,28);1H. The molecule has 2 heterocycles. The van der Waals surface area contributed by atoms with E-state index < -0.39 is 0 Å². The summed E-state index contributed by atoms with van der Waals surface area (Å²) in [5, 5.41) is 16.8. The number of aryl methyl sites for hydroxylation is 2. The van der Waals surface area contributed by atoms with Crippen molar-refractivity contribution in [3.05, 3.63) is 64.8 Å². The normalized spacial score (nSPS) is 14.2. The number of rotatable bonds is 3. The number of anilines is 1. The van der Waals surface area contributed by atoms with Gasteiger partial charge in [-0.1, -0.05) is 6.07 Å². The molecule has 0 spiro atoms. The molecule has 1 fully saturated rings. The number of amides is 1. The minimum Gasteiger partial charge on any atom is -0.350 e. The number of nitrogens with one attached hydrogen (secondary N) is 2. The number of aromatic nitrogens is 1. The van der Waals surface area contributed by atoms with Crippen molar-refractivity contribution < 1.29 is 4.79 Å². The van der Waals surface area contributed by atoms with Crippen molar-refractivity contribution in [3.63, 3.8) is 0 Å². The second-order valence-corrected chi connectivity index (χ2v) is 7.50. The van der Waals surface area contributed by atoms with E-state index in [1.807, 2.05) is 6.07 Å². The molecule has 5 nitrogen and oxygen atoms in total. The van der Waals surface area contributed by atoms with E-state index in [2.05, 4.69) is 47.5 Å². The molecule has 4 rings (SSSR count). The first kappa shape index (κ1) is 20.9. The highest BCUT2D eigenvalue weighted by atomic mass is 35.5. The van der Waals surface area contributed by atoms with E-state index in [-0.39, 0.29) is 18.3 Å². The summed E-state index contributed by atoms with van der Waals surface area (Å²) in [5.41, 5.74) is 5.45. The van der Waals surface area contributed by atoms with Crippen molar-refractivity contribution in [1.82, 2.24) is 9.88 Å². The fraction of sp³-hybridized carbons (Fsp3) is 0.304. The summed E-state index contributed by atoms with van der Waals surface area (Å²) in [4.78, 5) is 12.7. The van der Waals surface area contributed by atoms with Gasteiger partial charge in [0.05, 0.1) is 11.6 Å². The molecule has 0 atom stereocenters. The first-order valence-corrected chi connectivity index (χ1v) is 9.69. The Morgan fingerprint density at radius 1 is 1.24 bits per heavy atom. The lowest BCUT2D eigenvalue weighted by atomic mass is 9.88. The molecule has 1 aromatic heterocycles. The molecule has 1 saturated heterocycles. The molecule has 0 radical (unpaired) electrons. The number of halogens is 1. The van der Waals surface area contributed by atoms with E-state index in [0.717, 1.165) is 37.2 Å². The van der Waals surface area contributed by atoms with Gasteiger partial charge in [0, 0.05) is 35.4 Å². The molecule has 0 unspecified atom stereocenters. The van der Waals surface area contributed by atoms with Crippen LogP contribution in [-0.2, 0) is 7.05 Å². The van der Waals surface area contributed by atoms with Crippen LogP contribution in [0.3, 0.4) is 0 Å². The molecule has 2 aromatic carbocycles. The molecule has 0 saturated carbocycles. The zero-order valence-electron chi connectivity index (χ0n) is 16.7. The molecule has 3 aromatic rings. The molecular weight excluding hydrogens is 384 g/mol. The van der Waals surface area contributed by atoms with E-state index >= 15 is 0 Å². The lowest BCUT2D eigenvalue weighted by Crippen LogP contribution is -2.26. The number of hydrogen-bond acceptors (Lipinski definition) is 3. The van der Waals surface area contributed by atoms with E-state index in [9.17, 15) is 4.79 Å². The van der Waals surface area contributed by atoms with Crippen molar-refractivity contribution in [2.75, 3.05) is 18.4 Å². The molecule has 29 heavy (non-hydrogen) atoms. The highest BCUT2D eigenvalue weighted by Gasteiger charge is 2.22. The monoisotopic (exact) mass is 408 g/mol. The second-order valence-electron chi connectivity index (χ2n) is 7.50. The predicted octanol–water partition coefficient (Wildman–Crippen LogP) is 4.50.